The van der Waals surface area contributed by atoms with Crippen molar-refractivity contribution < 1.29 is 14.7 Å². The Labute approximate surface area is 93.3 Å². The second-order valence-corrected chi connectivity index (χ2v) is 3.38. The Hall–Kier alpha value is -1.88. The van der Waals surface area contributed by atoms with E-state index in [4.69, 9.17) is 10.8 Å². The van der Waals surface area contributed by atoms with E-state index >= 15 is 0 Å². The third-order valence-electron chi connectivity index (χ3n) is 2.03. The molecule has 0 fully saturated rings. The molecule has 0 radical (unpaired) electrons. The summed E-state index contributed by atoms with van der Waals surface area (Å²) in [6.45, 7) is -0.152. The second-order valence-electron chi connectivity index (χ2n) is 3.38. The molecule has 1 unspecified atom stereocenters. The van der Waals surface area contributed by atoms with Crippen molar-refractivity contribution in [3.8, 4) is 0 Å². The summed E-state index contributed by atoms with van der Waals surface area (Å²) < 4.78 is 0. The number of aliphatic hydroxyl groups is 1. The lowest BCUT2D eigenvalue weighted by molar-refractivity contribution is -0.126. The van der Waals surface area contributed by atoms with Crippen molar-refractivity contribution in [2.45, 2.75) is 12.5 Å². The predicted molar refractivity (Wildman–Crippen MR) is 58.4 cm³/mol. The highest BCUT2D eigenvalue weighted by Crippen LogP contribution is 1.98. The molecule has 0 aliphatic rings. The largest absolute Gasteiger partial charge is 0.381 e. The van der Waals surface area contributed by atoms with Gasteiger partial charge in [-0.25, -0.2) is 0 Å². The van der Waals surface area contributed by atoms with Crippen LogP contribution in [0.5, 0.6) is 0 Å². The summed E-state index contributed by atoms with van der Waals surface area (Å²) in [5.41, 5.74) is 5.70. The van der Waals surface area contributed by atoms with Gasteiger partial charge in [0, 0.05) is 0 Å². The van der Waals surface area contributed by atoms with Crippen LogP contribution in [0.25, 0.3) is 0 Å². The molecule has 0 spiro atoms. The van der Waals surface area contributed by atoms with Gasteiger partial charge in [0.15, 0.2) is 0 Å². The number of nitrogens with two attached hydrogens (primary N) is 1. The molecule has 16 heavy (non-hydrogen) atoms. The van der Waals surface area contributed by atoms with Crippen molar-refractivity contribution in [3.63, 3.8) is 0 Å². The zero-order valence-electron chi connectivity index (χ0n) is 8.72. The molecular weight excluding hydrogens is 208 g/mol. The fourth-order valence-electron chi connectivity index (χ4n) is 1.15. The molecule has 1 aromatic rings. The Bertz CT molecular complexity index is 365. The number of amides is 2. The van der Waals surface area contributed by atoms with E-state index in [0.717, 1.165) is 5.56 Å². The molecule has 0 aliphatic heterocycles. The third-order valence-corrected chi connectivity index (χ3v) is 2.03. The third kappa shape index (κ3) is 4.10. The topological polar surface area (TPSA) is 92.4 Å². The van der Waals surface area contributed by atoms with E-state index in [1.165, 1.54) is 0 Å². The van der Waals surface area contributed by atoms with E-state index in [-0.39, 0.29) is 18.9 Å². The summed E-state index contributed by atoms with van der Waals surface area (Å²) in [7, 11) is 0. The van der Waals surface area contributed by atoms with E-state index in [1.807, 2.05) is 30.3 Å². The number of rotatable bonds is 5. The summed E-state index contributed by atoms with van der Waals surface area (Å²) in [6, 6.07) is 9.17. The zero-order chi connectivity index (χ0) is 12.0. The molecular formula is C11H14N2O3. The summed E-state index contributed by atoms with van der Waals surface area (Å²) in [6.07, 6.45) is -1.12. The van der Waals surface area contributed by atoms with Gasteiger partial charge >= 0.3 is 0 Å². The number of hydrogen-bond donors (Lipinski definition) is 3. The van der Waals surface area contributed by atoms with E-state index in [9.17, 15) is 9.59 Å². The van der Waals surface area contributed by atoms with Gasteiger partial charge in [0.1, 0.15) is 6.10 Å². The quantitative estimate of drug-likeness (QED) is 0.608. The highest BCUT2D eigenvalue weighted by Gasteiger charge is 2.11. The normalized spacial score (nSPS) is 11.8. The maximum Gasteiger partial charge on any atom is 0.248 e. The minimum Gasteiger partial charge on any atom is -0.381 e. The molecule has 5 heteroatoms. The van der Waals surface area contributed by atoms with Gasteiger partial charge in [0.25, 0.3) is 0 Å². The van der Waals surface area contributed by atoms with E-state index in [2.05, 4.69) is 5.32 Å². The van der Waals surface area contributed by atoms with Crippen LogP contribution in [0.1, 0.15) is 5.56 Å². The molecule has 4 N–H and O–H groups in total. The first kappa shape index (κ1) is 12.2. The molecule has 0 aliphatic carbocycles. The molecule has 5 nitrogen and oxygen atoms in total. The fourth-order valence-corrected chi connectivity index (χ4v) is 1.15. The highest BCUT2D eigenvalue weighted by molar-refractivity contribution is 5.81. The van der Waals surface area contributed by atoms with Crippen LogP contribution in [0.2, 0.25) is 0 Å². The number of carbonyl (C=O) groups is 2. The molecule has 86 valence electrons. The first-order chi connectivity index (χ1) is 7.59. The van der Waals surface area contributed by atoms with Crippen LogP contribution in [-0.4, -0.2) is 29.6 Å². The maximum absolute atomic E-state index is 11.4. The van der Waals surface area contributed by atoms with Crippen molar-refractivity contribution in [2.24, 2.45) is 5.73 Å². The van der Waals surface area contributed by atoms with E-state index in [1.54, 1.807) is 0 Å². The smallest absolute Gasteiger partial charge is 0.248 e. The van der Waals surface area contributed by atoms with Crippen LogP contribution in [0.15, 0.2) is 30.3 Å². The Morgan fingerprint density at radius 3 is 2.50 bits per heavy atom. The molecule has 1 atom stereocenters. The van der Waals surface area contributed by atoms with Crippen LogP contribution in [0, 0.1) is 0 Å². The first-order valence-electron chi connectivity index (χ1n) is 4.87. The Morgan fingerprint density at radius 1 is 1.31 bits per heavy atom. The summed E-state index contributed by atoms with van der Waals surface area (Å²) in [4.78, 5) is 21.9. The SMILES string of the molecule is NC(=O)C(O)CNC(=O)Cc1ccccc1. The van der Waals surface area contributed by atoms with E-state index in [0.29, 0.717) is 0 Å². The van der Waals surface area contributed by atoms with Gasteiger partial charge in [-0.2, -0.15) is 0 Å². The Morgan fingerprint density at radius 2 is 1.94 bits per heavy atom. The maximum atomic E-state index is 11.4. The van der Waals surface area contributed by atoms with Gasteiger partial charge in [-0.15, -0.1) is 0 Å². The lowest BCUT2D eigenvalue weighted by Gasteiger charge is -2.08. The summed E-state index contributed by atoms with van der Waals surface area (Å²) in [5.74, 6) is -1.11. The highest BCUT2D eigenvalue weighted by atomic mass is 16.3. The van der Waals surface area contributed by atoms with Gasteiger partial charge in [-0.05, 0) is 5.56 Å². The fraction of sp³-hybridized carbons (Fsp3) is 0.273. The zero-order valence-corrected chi connectivity index (χ0v) is 8.72. The van der Waals surface area contributed by atoms with Gasteiger partial charge in [0.05, 0.1) is 13.0 Å². The predicted octanol–water partition coefficient (Wildman–Crippen LogP) is -0.808. The molecule has 0 heterocycles. The molecule has 0 saturated heterocycles. The lowest BCUT2D eigenvalue weighted by atomic mass is 10.1. The molecule has 1 rings (SSSR count). The molecule has 2 amide bonds. The van der Waals surface area contributed by atoms with Crippen molar-refractivity contribution >= 4 is 11.8 Å². The second kappa shape index (κ2) is 5.87. The van der Waals surface area contributed by atoms with Crippen molar-refractivity contribution in [2.75, 3.05) is 6.54 Å². The van der Waals surface area contributed by atoms with E-state index < -0.39 is 12.0 Å². The van der Waals surface area contributed by atoms with Crippen molar-refractivity contribution in [1.82, 2.24) is 5.32 Å². The Balaban J connectivity index is 2.35. The summed E-state index contributed by atoms with van der Waals surface area (Å²) >= 11 is 0. The molecule has 0 aromatic heterocycles. The molecule has 0 saturated carbocycles. The Kier molecular flexibility index (Phi) is 4.47. The lowest BCUT2D eigenvalue weighted by Crippen LogP contribution is -2.40. The van der Waals surface area contributed by atoms with Gasteiger partial charge in [-0.3, -0.25) is 9.59 Å². The standard InChI is InChI=1S/C11H14N2O3/c12-11(16)9(14)7-13-10(15)6-8-4-2-1-3-5-8/h1-5,9,14H,6-7H2,(H2,12,16)(H,13,15). The van der Waals surface area contributed by atoms with Crippen molar-refractivity contribution in [3.05, 3.63) is 35.9 Å². The van der Waals surface area contributed by atoms with Gasteiger partial charge in [0.2, 0.25) is 11.8 Å². The first-order valence-corrected chi connectivity index (χ1v) is 4.87. The van der Waals surface area contributed by atoms with Crippen LogP contribution in [0.4, 0.5) is 0 Å². The average Bonchev–Trinajstić information content (AvgIpc) is 2.27. The van der Waals surface area contributed by atoms with Gasteiger partial charge in [-0.1, -0.05) is 30.3 Å². The monoisotopic (exact) mass is 222 g/mol. The van der Waals surface area contributed by atoms with Crippen LogP contribution in [-0.2, 0) is 16.0 Å². The minimum absolute atomic E-state index is 0.152. The number of primary amides is 1. The number of carbonyl (C=O) groups excluding carboxylic acids is 2. The number of benzene rings is 1. The summed E-state index contributed by atoms with van der Waals surface area (Å²) in [5, 5.41) is 11.5. The average molecular weight is 222 g/mol. The number of aliphatic hydroxyl groups excluding tert-OH is 1. The van der Waals surface area contributed by atoms with Crippen LogP contribution >= 0.6 is 0 Å². The number of nitrogens with one attached hydrogen (secondary N) is 1. The molecule has 0 bridgehead atoms. The van der Waals surface area contributed by atoms with Gasteiger partial charge < -0.3 is 16.2 Å². The minimum atomic E-state index is -1.33. The van der Waals surface area contributed by atoms with Crippen LogP contribution in [0.3, 0.4) is 0 Å². The van der Waals surface area contributed by atoms with Crippen molar-refractivity contribution in [1.29, 1.82) is 0 Å². The van der Waals surface area contributed by atoms with Crippen LogP contribution < -0.4 is 11.1 Å². The molecule has 1 aromatic carbocycles. The number of hydrogen-bond acceptors (Lipinski definition) is 3.